The van der Waals surface area contributed by atoms with Crippen LogP contribution in [-0.4, -0.2) is 31.4 Å². The number of likely N-dealkylation sites (N-methyl/N-ethyl adjacent to an activating group) is 1. The summed E-state index contributed by atoms with van der Waals surface area (Å²) in [5.74, 6) is 0. The Balaban J connectivity index is 2.29. The number of thiazole rings is 1. The fraction of sp³-hybridized carbons (Fsp3) is 0.667. The van der Waals surface area contributed by atoms with Gasteiger partial charge in [0, 0.05) is 18.3 Å². The Bertz CT molecular complexity index is 314. The van der Waals surface area contributed by atoms with Crippen LogP contribution in [0.4, 0.5) is 13.2 Å². The average Bonchev–Trinajstić information content (AvgIpc) is 2.61. The van der Waals surface area contributed by atoms with Crippen molar-refractivity contribution < 1.29 is 17.9 Å². The van der Waals surface area contributed by atoms with Crippen molar-refractivity contribution >= 4 is 11.3 Å². The first-order valence-electron chi connectivity index (χ1n) is 4.73. The highest BCUT2D eigenvalue weighted by molar-refractivity contribution is 7.09. The Hall–Kier alpha value is -0.660. The van der Waals surface area contributed by atoms with Crippen molar-refractivity contribution in [2.75, 3.05) is 20.2 Å². The third-order valence-electron chi connectivity index (χ3n) is 1.72. The van der Waals surface area contributed by atoms with E-state index in [1.165, 1.54) is 11.3 Å². The number of rotatable bonds is 6. The highest BCUT2D eigenvalue weighted by atomic mass is 32.1. The van der Waals surface area contributed by atoms with Crippen LogP contribution in [0, 0.1) is 0 Å². The van der Waals surface area contributed by atoms with Gasteiger partial charge in [0.15, 0.2) is 0 Å². The summed E-state index contributed by atoms with van der Waals surface area (Å²) in [6, 6.07) is 0. The van der Waals surface area contributed by atoms with Crippen molar-refractivity contribution in [1.82, 2.24) is 10.3 Å². The van der Waals surface area contributed by atoms with E-state index in [4.69, 9.17) is 0 Å². The smallest absolute Gasteiger partial charge is 0.365 e. The zero-order valence-electron chi connectivity index (χ0n) is 8.80. The maximum atomic E-state index is 11.8. The van der Waals surface area contributed by atoms with Crippen molar-refractivity contribution in [3.8, 4) is 0 Å². The fourth-order valence-electron chi connectivity index (χ4n) is 1.04. The minimum Gasteiger partial charge on any atom is -0.365 e. The number of nitrogens with zero attached hydrogens (tertiary/aromatic N) is 1. The molecule has 1 rings (SSSR count). The summed E-state index contributed by atoms with van der Waals surface area (Å²) in [5.41, 5.74) is 0.880. The van der Waals surface area contributed by atoms with Gasteiger partial charge in [0.25, 0.3) is 0 Å². The number of nitrogens with one attached hydrogen (secondary N) is 1. The van der Waals surface area contributed by atoms with E-state index >= 15 is 0 Å². The van der Waals surface area contributed by atoms with Gasteiger partial charge in [0.1, 0.15) is 11.6 Å². The molecule has 0 aliphatic carbocycles. The third kappa shape index (κ3) is 5.43. The van der Waals surface area contributed by atoms with Crippen LogP contribution in [0.25, 0.3) is 0 Å². The molecule has 0 spiro atoms. The molecule has 0 saturated heterocycles. The first-order valence-corrected chi connectivity index (χ1v) is 5.61. The Morgan fingerprint density at radius 3 is 2.88 bits per heavy atom. The van der Waals surface area contributed by atoms with Crippen LogP contribution in [0.3, 0.4) is 0 Å². The Morgan fingerprint density at radius 1 is 1.50 bits per heavy atom. The van der Waals surface area contributed by atoms with Crippen LogP contribution in [0.5, 0.6) is 0 Å². The second kappa shape index (κ2) is 6.17. The third-order valence-corrected chi connectivity index (χ3v) is 2.59. The van der Waals surface area contributed by atoms with Crippen LogP contribution in [0.15, 0.2) is 5.38 Å². The number of hydrogen-bond acceptors (Lipinski definition) is 4. The lowest BCUT2D eigenvalue weighted by atomic mass is 10.3. The molecule has 0 aliphatic heterocycles. The summed E-state index contributed by atoms with van der Waals surface area (Å²) in [6.07, 6.45) is -3.50. The summed E-state index contributed by atoms with van der Waals surface area (Å²) in [5, 5.41) is 5.39. The normalized spacial score (nSPS) is 12.0. The van der Waals surface area contributed by atoms with E-state index in [9.17, 15) is 13.2 Å². The van der Waals surface area contributed by atoms with Crippen molar-refractivity contribution in [1.29, 1.82) is 0 Å². The predicted octanol–water partition coefficient (Wildman–Crippen LogP) is 1.98. The van der Waals surface area contributed by atoms with Crippen LogP contribution in [-0.2, 0) is 17.8 Å². The fourth-order valence-corrected chi connectivity index (χ4v) is 1.80. The summed E-state index contributed by atoms with van der Waals surface area (Å²) in [7, 11) is 1.83. The second-order valence-electron chi connectivity index (χ2n) is 3.19. The van der Waals surface area contributed by atoms with Crippen LogP contribution in [0.2, 0.25) is 0 Å². The van der Waals surface area contributed by atoms with E-state index in [1.54, 1.807) is 0 Å². The van der Waals surface area contributed by atoms with Crippen LogP contribution in [0.1, 0.15) is 10.7 Å². The Kier molecular flexibility index (Phi) is 5.17. The molecule has 0 amide bonds. The van der Waals surface area contributed by atoms with Crippen molar-refractivity contribution in [2.24, 2.45) is 0 Å². The van der Waals surface area contributed by atoms with E-state index < -0.39 is 12.8 Å². The largest absolute Gasteiger partial charge is 0.411 e. The molecule has 7 heteroatoms. The molecule has 1 N–H and O–H groups in total. The molecular weight excluding hydrogens is 241 g/mol. The summed E-state index contributed by atoms with van der Waals surface area (Å²) >= 11 is 1.32. The minimum absolute atomic E-state index is 0.0796. The van der Waals surface area contributed by atoms with Gasteiger partial charge >= 0.3 is 6.18 Å². The monoisotopic (exact) mass is 254 g/mol. The van der Waals surface area contributed by atoms with E-state index in [2.05, 4.69) is 15.0 Å². The van der Waals surface area contributed by atoms with E-state index in [0.717, 1.165) is 18.7 Å². The summed E-state index contributed by atoms with van der Waals surface area (Å²) in [6.45, 7) is -0.505. The predicted molar refractivity (Wildman–Crippen MR) is 55.5 cm³/mol. The van der Waals surface area contributed by atoms with Crippen LogP contribution >= 0.6 is 11.3 Å². The van der Waals surface area contributed by atoms with Gasteiger partial charge in [0.05, 0.1) is 12.3 Å². The molecule has 0 aromatic carbocycles. The number of ether oxygens (including phenoxy) is 1. The zero-order valence-corrected chi connectivity index (χ0v) is 9.62. The molecule has 3 nitrogen and oxygen atoms in total. The lowest BCUT2D eigenvalue weighted by molar-refractivity contribution is -0.176. The molecule has 1 aromatic heterocycles. The van der Waals surface area contributed by atoms with E-state index in [1.807, 2.05) is 12.4 Å². The number of hydrogen-bond donors (Lipinski definition) is 1. The van der Waals surface area contributed by atoms with Gasteiger partial charge in [-0.3, -0.25) is 0 Å². The topological polar surface area (TPSA) is 34.1 Å². The number of alkyl halides is 3. The van der Waals surface area contributed by atoms with Gasteiger partial charge in [-0.25, -0.2) is 4.98 Å². The Morgan fingerprint density at radius 2 is 2.25 bits per heavy atom. The van der Waals surface area contributed by atoms with Crippen LogP contribution < -0.4 is 5.32 Å². The van der Waals surface area contributed by atoms with Gasteiger partial charge in [-0.05, 0) is 7.05 Å². The molecule has 0 unspecified atom stereocenters. The number of aromatic nitrogens is 1. The van der Waals surface area contributed by atoms with Gasteiger partial charge in [-0.2, -0.15) is 13.2 Å². The molecule has 1 aromatic rings. The first kappa shape index (κ1) is 13.4. The molecule has 0 saturated carbocycles. The maximum Gasteiger partial charge on any atom is 0.411 e. The zero-order chi connectivity index (χ0) is 12.0. The quantitative estimate of drug-likeness (QED) is 0.843. The SMILES string of the molecule is CNCCc1csc(COCC(F)(F)F)n1. The Labute approximate surface area is 95.6 Å². The second-order valence-corrected chi connectivity index (χ2v) is 4.14. The molecule has 92 valence electrons. The van der Waals surface area contributed by atoms with Gasteiger partial charge in [-0.15, -0.1) is 11.3 Å². The highest BCUT2D eigenvalue weighted by Crippen LogP contribution is 2.17. The minimum atomic E-state index is -4.27. The maximum absolute atomic E-state index is 11.8. The van der Waals surface area contributed by atoms with E-state index in [-0.39, 0.29) is 6.61 Å². The molecular formula is C9H13F3N2OS. The van der Waals surface area contributed by atoms with Gasteiger partial charge < -0.3 is 10.1 Å². The molecule has 1 heterocycles. The number of halogens is 3. The lowest BCUT2D eigenvalue weighted by Gasteiger charge is -2.05. The molecule has 0 atom stereocenters. The molecule has 0 fully saturated rings. The standard InChI is InChI=1S/C9H13F3N2OS/c1-13-3-2-7-5-16-8(14-7)4-15-6-9(10,11)12/h5,13H,2-4,6H2,1H3. The van der Waals surface area contributed by atoms with Gasteiger partial charge in [0.2, 0.25) is 0 Å². The molecule has 0 radical (unpaired) electrons. The van der Waals surface area contributed by atoms with Crippen molar-refractivity contribution in [3.05, 3.63) is 16.1 Å². The van der Waals surface area contributed by atoms with Crippen molar-refractivity contribution in [2.45, 2.75) is 19.2 Å². The highest BCUT2D eigenvalue weighted by Gasteiger charge is 2.27. The molecule has 16 heavy (non-hydrogen) atoms. The van der Waals surface area contributed by atoms with Crippen molar-refractivity contribution in [3.63, 3.8) is 0 Å². The summed E-state index contributed by atoms with van der Waals surface area (Å²) < 4.78 is 39.8. The first-order chi connectivity index (χ1) is 7.51. The molecule has 0 aliphatic rings. The molecule has 0 bridgehead atoms. The average molecular weight is 254 g/mol. The van der Waals surface area contributed by atoms with E-state index in [0.29, 0.717) is 5.01 Å². The lowest BCUT2D eigenvalue weighted by Crippen LogP contribution is -2.16. The summed E-state index contributed by atoms with van der Waals surface area (Å²) in [4.78, 5) is 4.15. The van der Waals surface area contributed by atoms with Gasteiger partial charge in [-0.1, -0.05) is 0 Å².